The van der Waals surface area contributed by atoms with Crippen molar-refractivity contribution in [1.29, 1.82) is 0 Å². The standard InChI is InChI=1S/C20H13NO4S2/c22-18(16-6-3-9-26-16)17-8-7-13(27-17)11-21-19(23)14-10-12-4-1-2-5-15(12)25-20(14)24/h1-10H,11H2,(H,21,23). The molecule has 1 aromatic carbocycles. The number of para-hydroxylation sites is 1. The summed E-state index contributed by atoms with van der Waals surface area (Å²) in [6.07, 6.45) is 0. The van der Waals surface area contributed by atoms with Crippen molar-refractivity contribution < 1.29 is 14.0 Å². The van der Waals surface area contributed by atoms with Gasteiger partial charge in [-0.3, -0.25) is 9.59 Å². The van der Waals surface area contributed by atoms with Gasteiger partial charge in [-0.2, -0.15) is 0 Å². The first-order valence-corrected chi connectivity index (χ1v) is 9.79. The summed E-state index contributed by atoms with van der Waals surface area (Å²) >= 11 is 2.72. The Labute approximate surface area is 161 Å². The fourth-order valence-corrected chi connectivity index (χ4v) is 4.25. The van der Waals surface area contributed by atoms with Crippen LogP contribution in [0.2, 0.25) is 0 Å². The lowest BCUT2D eigenvalue weighted by Gasteiger charge is -2.04. The van der Waals surface area contributed by atoms with E-state index < -0.39 is 11.5 Å². The second-order valence-corrected chi connectivity index (χ2v) is 7.86. The zero-order valence-corrected chi connectivity index (χ0v) is 15.6. The first kappa shape index (κ1) is 17.4. The highest BCUT2D eigenvalue weighted by Gasteiger charge is 2.15. The molecule has 0 aliphatic heterocycles. The fourth-order valence-electron chi connectivity index (χ4n) is 2.61. The Kier molecular flexibility index (Phi) is 4.70. The maximum absolute atomic E-state index is 12.4. The Morgan fingerprint density at radius 1 is 1.00 bits per heavy atom. The molecule has 0 saturated carbocycles. The van der Waals surface area contributed by atoms with Gasteiger partial charge in [0.05, 0.1) is 16.3 Å². The molecule has 0 unspecified atom stereocenters. The zero-order valence-electron chi connectivity index (χ0n) is 13.9. The third-order valence-corrected chi connectivity index (χ3v) is 5.89. The highest BCUT2D eigenvalue weighted by molar-refractivity contribution is 7.16. The fraction of sp³-hybridized carbons (Fsp3) is 0.0500. The SMILES string of the molecule is O=C(c1cccs1)c1ccc(CNC(=O)c2cc3ccccc3oc2=O)s1. The summed E-state index contributed by atoms with van der Waals surface area (Å²) in [7, 11) is 0. The van der Waals surface area contributed by atoms with Gasteiger partial charge in [0.1, 0.15) is 11.1 Å². The van der Waals surface area contributed by atoms with Crippen LogP contribution in [0, 0.1) is 0 Å². The van der Waals surface area contributed by atoms with Gasteiger partial charge in [0, 0.05) is 10.3 Å². The molecule has 0 bridgehead atoms. The van der Waals surface area contributed by atoms with Crippen molar-refractivity contribution in [2.24, 2.45) is 0 Å². The third-order valence-electron chi connectivity index (χ3n) is 3.94. The van der Waals surface area contributed by atoms with Crippen LogP contribution in [0.3, 0.4) is 0 Å². The van der Waals surface area contributed by atoms with Gasteiger partial charge in [-0.05, 0) is 35.7 Å². The maximum atomic E-state index is 12.4. The highest BCUT2D eigenvalue weighted by atomic mass is 32.1. The number of ketones is 1. The summed E-state index contributed by atoms with van der Waals surface area (Å²) in [5, 5.41) is 5.25. The number of fused-ring (bicyclic) bond motifs is 1. The van der Waals surface area contributed by atoms with Gasteiger partial charge in [-0.15, -0.1) is 22.7 Å². The van der Waals surface area contributed by atoms with Crippen molar-refractivity contribution in [3.05, 3.63) is 90.6 Å². The second-order valence-electron chi connectivity index (χ2n) is 5.74. The number of hydrogen-bond donors (Lipinski definition) is 1. The molecular formula is C20H13NO4S2. The molecule has 0 atom stereocenters. The van der Waals surface area contributed by atoms with Crippen LogP contribution in [-0.2, 0) is 6.54 Å². The molecule has 1 amide bonds. The molecule has 27 heavy (non-hydrogen) atoms. The normalized spacial score (nSPS) is 10.8. The number of carbonyl (C=O) groups is 2. The van der Waals surface area contributed by atoms with E-state index >= 15 is 0 Å². The number of carbonyl (C=O) groups excluding carboxylic acids is 2. The zero-order chi connectivity index (χ0) is 18.8. The lowest BCUT2D eigenvalue weighted by Crippen LogP contribution is -2.27. The van der Waals surface area contributed by atoms with Gasteiger partial charge in [-0.25, -0.2) is 4.79 Å². The van der Waals surface area contributed by atoms with E-state index in [4.69, 9.17) is 4.42 Å². The molecule has 4 rings (SSSR count). The third kappa shape index (κ3) is 3.60. The minimum absolute atomic E-state index is 0.0252. The van der Waals surface area contributed by atoms with E-state index in [-0.39, 0.29) is 17.9 Å². The van der Waals surface area contributed by atoms with Gasteiger partial charge in [-0.1, -0.05) is 24.3 Å². The van der Waals surface area contributed by atoms with Crippen molar-refractivity contribution >= 4 is 45.3 Å². The maximum Gasteiger partial charge on any atom is 0.349 e. The summed E-state index contributed by atoms with van der Waals surface area (Å²) in [4.78, 5) is 38.9. The lowest BCUT2D eigenvalue weighted by atomic mass is 10.2. The quantitative estimate of drug-likeness (QED) is 0.408. The van der Waals surface area contributed by atoms with E-state index in [0.29, 0.717) is 20.7 Å². The van der Waals surface area contributed by atoms with E-state index in [1.807, 2.05) is 17.5 Å². The molecule has 3 aromatic heterocycles. The van der Waals surface area contributed by atoms with E-state index in [1.165, 1.54) is 28.7 Å². The molecule has 1 N–H and O–H groups in total. The average Bonchev–Trinajstić information content (AvgIpc) is 3.37. The van der Waals surface area contributed by atoms with Crippen LogP contribution in [-0.4, -0.2) is 11.7 Å². The monoisotopic (exact) mass is 395 g/mol. The largest absolute Gasteiger partial charge is 0.422 e. The Hall–Kier alpha value is -3.03. The number of benzene rings is 1. The minimum atomic E-state index is -0.675. The van der Waals surface area contributed by atoms with Crippen LogP contribution in [0.4, 0.5) is 0 Å². The van der Waals surface area contributed by atoms with Gasteiger partial charge < -0.3 is 9.73 Å². The molecule has 0 aliphatic rings. The highest BCUT2D eigenvalue weighted by Crippen LogP contribution is 2.22. The number of rotatable bonds is 5. The van der Waals surface area contributed by atoms with Crippen LogP contribution in [0.1, 0.15) is 29.8 Å². The Bertz CT molecular complexity index is 1190. The topological polar surface area (TPSA) is 76.4 Å². The van der Waals surface area contributed by atoms with Gasteiger partial charge in [0.25, 0.3) is 5.91 Å². The van der Waals surface area contributed by atoms with Crippen LogP contribution >= 0.6 is 22.7 Å². The molecule has 4 aromatic rings. The van der Waals surface area contributed by atoms with E-state index in [2.05, 4.69) is 5.32 Å². The van der Waals surface area contributed by atoms with Crippen LogP contribution in [0.15, 0.2) is 69.2 Å². The van der Waals surface area contributed by atoms with Crippen molar-refractivity contribution in [1.82, 2.24) is 5.32 Å². The Balaban J connectivity index is 1.48. The number of hydrogen-bond acceptors (Lipinski definition) is 6. The predicted octanol–water partition coefficient (Wildman–Crippen LogP) is 4.08. The molecule has 0 fully saturated rings. The second kappa shape index (κ2) is 7.30. The molecule has 5 nitrogen and oxygen atoms in total. The summed E-state index contributed by atoms with van der Waals surface area (Å²) < 4.78 is 5.19. The van der Waals surface area contributed by atoms with Crippen LogP contribution in [0.5, 0.6) is 0 Å². The van der Waals surface area contributed by atoms with Gasteiger partial charge >= 0.3 is 5.63 Å². The summed E-state index contributed by atoms with van der Waals surface area (Å²) in [6, 6.07) is 15.7. The van der Waals surface area contributed by atoms with E-state index in [9.17, 15) is 14.4 Å². The molecule has 0 saturated heterocycles. The number of amides is 1. The molecule has 0 aliphatic carbocycles. The molecular weight excluding hydrogens is 382 g/mol. The first-order valence-electron chi connectivity index (χ1n) is 8.10. The van der Waals surface area contributed by atoms with Gasteiger partial charge in [0.2, 0.25) is 5.78 Å². The Morgan fingerprint density at radius 2 is 1.85 bits per heavy atom. The average molecular weight is 395 g/mol. The van der Waals surface area contributed by atoms with Crippen molar-refractivity contribution in [3.63, 3.8) is 0 Å². The Morgan fingerprint density at radius 3 is 2.67 bits per heavy atom. The van der Waals surface area contributed by atoms with E-state index in [0.717, 1.165) is 4.88 Å². The lowest BCUT2D eigenvalue weighted by molar-refractivity contribution is 0.0947. The molecule has 0 radical (unpaired) electrons. The molecule has 3 heterocycles. The summed E-state index contributed by atoms with van der Waals surface area (Å²) in [5.74, 6) is -0.531. The van der Waals surface area contributed by atoms with Crippen molar-refractivity contribution in [3.8, 4) is 0 Å². The number of thiophene rings is 2. The van der Waals surface area contributed by atoms with Crippen LogP contribution in [0.25, 0.3) is 11.0 Å². The molecule has 0 spiro atoms. The molecule has 134 valence electrons. The predicted molar refractivity (Wildman–Crippen MR) is 106 cm³/mol. The minimum Gasteiger partial charge on any atom is -0.422 e. The van der Waals surface area contributed by atoms with Crippen molar-refractivity contribution in [2.45, 2.75) is 6.54 Å². The van der Waals surface area contributed by atoms with Gasteiger partial charge in [0.15, 0.2) is 0 Å². The smallest absolute Gasteiger partial charge is 0.349 e. The molecule has 7 heteroatoms. The first-order chi connectivity index (χ1) is 13.1. The van der Waals surface area contributed by atoms with Crippen molar-refractivity contribution in [2.75, 3.05) is 0 Å². The number of nitrogens with one attached hydrogen (secondary N) is 1. The van der Waals surface area contributed by atoms with E-state index in [1.54, 1.807) is 36.4 Å². The van der Waals surface area contributed by atoms with Crippen LogP contribution < -0.4 is 10.9 Å². The summed E-state index contributed by atoms with van der Waals surface area (Å²) in [5.41, 5.74) is -0.278. The summed E-state index contributed by atoms with van der Waals surface area (Å²) in [6.45, 7) is 0.230.